The molecule has 13 heavy (non-hydrogen) atoms. The molecule has 1 saturated carbocycles. The monoisotopic (exact) mass is 181 g/mol. The highest BCUT2D eigenvalue weighted by molar-refractivity contribution is 5.06. The van der Waals surface area contributed by atoms with E-state index in [-0.39, 0.29) is 0 Å². The molecular formula is C12H23N. The topological polar surface area (TPSA) is 12.0 Å². The molecule has 2 unspecified atom stereocenters. The van der Waals surface area contributed by atoms with E-state index in [9.17, 15) is 0 Å². The van der Waals surface area contributed by atoms with E-state index in [1.807, 2.05) is 0 Å². The highest BCUT2D eigenvalue weighted by atomic mass is 15.0. The third-order valence-electron chi connectivity index (χ3n) is 4.13. The Kier molecular flexibility index (Phi) is 2.64. The molecule has 1 heteroatoms. The SMILES string of the molecule is CCCC(C)C1(C2CC2)CCCN1. The normalized spacial score (nSPS) is 36.5. The first-order valence-corrected chi connectivity index (χ1v) is 6.04. The lowest BCUT2D eigenvalue weighted by Crippen LogP contribution is -2.47. The fraction of sp³-hybridized carbons (Fsp3) is 1.00. The Balaban J connectivity index is 2.03. The van der Waals surface area contributed by atoms with Gasteiger partial charge in [0.1, 0.15) is 0 Å². The molecule has 1 aliphatic carbocycles. The van der Waals surface area contributed by atoms with Crippen LogP contribution in [0.5, 0.6) is 0 Å². The molecule has 0 aromatic rings. The van der Waals surface area contributed by atoms with E-state index < -0.39 is 0 Å². The zero-order valence-electron chi connectivity index (χ0n) is 9.10. The molecular weight excluding hydrogens is 158 g/mol. The average molecular weight is 181 g/mol. The minimum absolute atomic E-state index is 0.565. The summed E-state index contributed by atoms with van der Waals surface area (Å²) in [6.07, 6.45) is 8.58. The number of nitrogens with one attached hydrogen (secondary N) is 1. The Morgan fingerprint density at radius 1 is 1.46 bits per heavy atom. The Labute approximate surface area is 82.3 Å². The number of hydrogen-bond donors (Lipinski definition) is 1. The van der Waals surface area contributed by atoms with Crippen LogP contribution in [0, 0.1) is 11.8 Å². The van der Waals surface area contributed by atoms with Crippen LogP contribution in [0.4, 0.5) is 0 Å². The predicted molar refractivity (Wildman–Crippen MR) is 56.8 cm³/mol. The van der Waals surface area contributed by atoms with E-state index in [1.54, 1.807) is 0 Å². The molecule has 2 rings (SSSR count). The van der Waals surface area contributed by atoms with Crippen molar-refractivity contribution in [1.82, 2.24) is 5.32 Å². The minimum Gasteiger partial charge on any atom is -0.311 e. The summed E-state index contributed by atoms with van der Waals surface area (Å²) < 4.78 is 0. The fourth-order valence-electron chi connectivity index (χ4n) is 3.25. The molecule has 1 nitrogen and oxygen atoms in total. The second-order valence-corrected chi connectivity index (χ2v) is 5.03. The van der Waals surface area contributed by atoms with Gasteiger partial charge in [-0.25, -0.2) is 0 Å². The van der Waals surface area contributed by atoms with Crippen LogP contribution in [0.1, 0.15) is 52.4 Å². The van der Waals surface area contributed by atoms with Gasteiger partial charge in [0.25, 0.3) is 0 Å². The van der Waals surface area contributed by atoms with Gasteiger partial charge in [-0.05, 0) is 50.5 Å². The van der Waals surface area contributed by atoms with Gasteiger partial charge in [0.2, 0.25) is 0 Å². The molecule has 1 heterocycles. The second kappa shape index (κ2) is 3.61. The maximum Gasteiger partial charge on any atom is 0.0235 e. The quantitative estimate of drug-likeness (QED) is 0.703. The number of rotatable bonds is 4. The first kappa shape index (κ1) is 9.51. The first-order valence-electron chi connectivity index (χ1n) is 6.04. The Morgan fingerprint density at radius 2 is 2.23 bits per heavy atom. The van der Waals surface area contributed by atoms with Gasteiger partial charge in [0, 0.05) is 5.54 Å². The van der Waals surface area contributed by atoms with Gasteiger partial charge < -0.3 is 5.32 Å². The zero-order valence-corrected chi connectivity index (χ0v) is 9.10. The molecule has 0 bridgehead atoms. The standard InChI is InChI=1S/C12H23N/c1-3-5-10(2)12(11-6-7-11)8-4-9-13-12/h10-11,13H,3-9H2,1-2H3. The highest BCUT2D eigenvalue weighted by Crippen LogP contribution is 2.49. The largest absolute Gasteiger partial charge is 0.311 e. The van der Waals surface area contributed by atoms with Crippen molar-refractivity contribution >= 4 is 0 Å². The maximum absolute atomic E-state index is 3.82. The molecule has 1 aliphatic heterocycles. The Morgan fingerprint density at radius 3 is 2.69 bits per heavy atom. The number of hydrogen-bond acceptors (Lipinski definition) is 1. The first-order chi connectivity index (χ1) is 6.29. The van der Waals surface area contributed by atoms with Crippen molar-refractivity contribution in [2.45, 2.75) is 57.9 Å². The molecule has 2 aliphatic rings. The van der Waals surface area contributed by atoms with Crippen LogP contribution >= 0.6 is 0 Å². The van der Waals surface area contributed by atoms with Crippen molar-refractivity contribution in [3.05, 3.63) is 0 Å². The minimum atomic E-state index is 0.565. The van der Waals surface area contributed by atoms with Gasteiger partial charge in [0.05, 0.1) is 0 Å². The molecule has 0 radical (unpaired) electrons. The third kappa shape index (κ3) is 1.63. The van der Waals surface area contributed by atoms with Crippen molar-refractivity contribution < 1.29 is 0 Å². The van der Waals surface area contributed by atoms with E-state index >= 15 is 0 Å². The molecule has 0 aromatic carbocycles. The molecule has 2 atom stereocenters. The zero-order chi connectivity index (χ0) is 9.31. The van der Waals surface area contributed by atoms with Gasteiger partial charge in [-0.1, -0.05) is 20.3 Å². The van der Waals surface area contributed by atoms with Crippen molar-refractivity contribution in [1.29, 1.82) is 0 Å². The van der Waals surface area contributed by atoms with Crippen LogP contribution in [0.3, 0.4) is 0 Å². The molecule has 2 fully saturated rings. The Bertz CT molecular complexity index is 166. The van der Waals surface area contributed by atoms with E-state index in [4.69, 9.17) is 0 Å². The summed E-state index contributed by atoms with van der Waals surface area (Å²) in [7, 11) is 0. The summed E-state index contributed by atoms with van der Waals surface area (Å²) >= 11 is 0. The molecule has 0 aromatic heterocycles. The average Bonchev–Trinajstić information content (AvgIpc) is 2.85. The van der Waals surface area contributed by atoms with Crippen molar-refractivity contribution in [2.75, 3.05) is 6.54 Å². The molecule has 1 N–H and O–H groups in total. The molecule has 0 amide bonds. The van der Waals surface area contributed by atoms with E-state index in [0.717, 1.165) is 11.8 Å². The smallest absolute Gasteiger partial charge is 0.0235 e. The summed E-state index contributed by atoms with van der Waals surface area (Å²) in [6.45, 7) is 6.04. The molecule has 0 spiro atoms. The van der Waals surface area contributed by atoms with Gasteiger partial charge >= 0.3 is 0 Å². The second-order valence-electron chi connectivity index (χ2n) is 5.03. The van der Waals surface area contributed by atoms with E-state index in [1.165, 1.54) is 45.1 Å². The molecule has 1 saturated heterocycles. The van der Waals surface area contributed by atoms with Crippen molar-refractivity contribution in [2.24, 2.45) is 11.8 Å². The summed E-state index contributed by atoms with van der Waals surface area (Å²) in [6, 6.07) is 0. The van der Waals surface area contributed by atoms with Crippen LogP contribution in [-0.2, 0) is 0 Å². The van der Waals surface area contributed by atoms with E-state index in [2.05, 4.69) is 19.2 Å². The summed E-state index contributed by atoms with van der Waals surface area (Å²) in [4.78, 5) is 0. The third-order valence-corrected chi connectivity index (χ3v) is 4.13. The van der Waals surface area contributed by atoms with Crippen LogP contribution in [0.15, 0.2) is 0 Å². The lowest BCUT2D eigenvalue weighted by Gasteiger charge is -2.36. The lowest BCUT2D eigenvalue weighted by atomic mass is 9.77. The van der Waals surface area contributed by atoms with Gasteiger partial charge in [-0.3, -0.25) is 0 Å². The van der Waals surface area contributed by atoms with Crippen molar-refractivity contribution in [3.63, 3.8) is 0 Å². The van der Waals surface area contributed by atoms with Gasteiger partial charge in [0.15, 0.2) is 0 Å². The summed E-state index contributed by atoms with van der Waals surface area (Å²) in [5.74, 6) is 1.92. The van der Waals surface area contributed by atoms with E-state index in [0.29, 0.717) is 5.54 Å². The van der Waals surface area contributed by atoms with Gasteiger partial charge in [-0.15, -0.1) is 0 Å². The summed E-state index contributed by atoms with van der Waals surface area (Å²) in [5.41, 5.74) is 0.565. The van der Waals surface area contributed by atoms with Crippen LogP contribution in [0.25, 0.3) is 0 Å². The Hall–Kier alpha value is -0.0400. The summed E-state index contributed by atoms with van der Waals surface area (Å²) in [5, 5.41) is 3.82. The van der Waals surface area contributed by atoms with Crippen LogP contribution < -0.4 is 5.32 Å². The highest BCUT2D eigenvalue weighted by Gasteiger charge is 2.49. The lowest BCUT2D eigenvalue weighted by molar-refractivity contribution is 0.206. The fourth-order valence-corrected chi connectivity index (χ4v) is 3.25. The van der Waals surface area contributed by atoms with Crippen LogP contribution in [-0.4, -0.2) is 12.1 Å². The maximum atomic E-state index is 3.82. The van der Waals surface area contributed by atoms with Gasteiger partial charge in [-0.2, -0.15) is 0 Å². The predicted octanol–water partition coefficient (Wildman–Crippen LogP) is 2.95. The molecule has 76 valence electrons. The van der Waals surface area contributed by atoms with Crippen molar-refractivity contribution in [3.8, 4) is 0 Å². The van der Waals surface area contributed by atoms with Crippen LogP contribution in [0.2, 0.25) is 0 Å².